The van der Waals surface area contributed by atoms with E-state index in [-0.39, 0.29) is 0 Å². The van der Waals surface area contributed by atoms with Crippen molar-refractivity contribution in [3.05, 3.63) is 103 Å². The number of hydrogen-bond acceptors (Lipinski definition) is 1. The average molecular weight is 542 g/mol. The molecule has 0 fully saturated rings. The zero-order chi connectivity index (χ0) is 21.7. The highest BCUT2D eigenvalue weighted by atomic mass is 127. The van der Waals surface area contributed by atoms with E-state index in [0.29, 0.717) is 0 Å². The molecule has 5 aromatic carbocycles. The Morgan fingerprint density at radius 2 is 1.28 bits per heavy atom. The summed E-state index contributed by atoms with van der Waals surface area (Å²) in [6.45, 7) is 0. The number of nitrogens with zero attached hydrogens (tertiary/aromatic N) is 1. The molecule has 32 heavy (non-hydrogen) atoms. The number of rotatable bonds is 1. The van der Waals surface area contributed by atoms with Gasteiger partial charge in [0, 0.05) is 43.7 Å². The van der Waals surface area contributed by atoms with Crippen molar-refractivity contribution in [2.24, 2.45) is 0 Å². The highest BCUT2D eigenvalue weighted by Gasteiger charge is 2.18. The summed E-state index contributed by atoms with van der Waals surface area (Å²) in [6.07, 6.45) is 0. The number of hydrogen-bond donors (Lipinski definition) is 2. The molecule has 7 aromatic rings. The summed E-state index contributed by atoms with van der Waals surface area (Å²) in [5.41, 5.74) is 6.07. The third-order valence-electron chi connectivity index (χ3n) is 6.30. The van der Waals surface area contributed by atoms with Crippen molar-refractivity contribution in [3.8, 4) is 5.69 Å². The van der Waals surface area contributed by atoms with Crippen LogP contribution in [0.2, 0.25) is 0 Å². The van der Waals surface area contributed by atoms with Gasteiger partial charge in [0.2, 0.25) is 0 Å². The van der Waals surface area contributed by atoms with Crippen LogP contribution in [-0.4, -0.2) is 9.55 Å². The Morgan fingerprint density at radius 1 is 0.562 bits per heavy atom. The number of aromatic amines is 1. The monoisotopic (exact) mass is 542 g/mol. The van der Waals surface area contributed by atoms with Crippen LogP contribution >= 0.6 is 31.0 Å². The Hall–Kier alpha value is -2.96. The number of halogens is 1. The molecule has 2 nitrogen and oxygen atoms in total. The van der Waals surface area contributed by atoms with E-state index < -0.39 is 0 Å². The predicted molar refractivity (Wildman–Crippen MR) is 151 cm³/mol. The summed E-state index contributed by atoms with van der Waals surface area (Å²) in [5.74, 6) is 0. The van der Waals surface area contributed by atoms with E-state index >= 15 is 0 Å². The summed E-state index contributed by atoms with van der Waals surface area (Å²) in [7, 11) is 3.50. The Balaban J connectivity index is 0.000000953. The number of thiol groups is 1. The van der Waals surface area contributed by atoms with Crippen LogP contribution in [0.5, 0.6) is 0 Å². The lowest BCUT2D eigenvalue weighted by molar-refractivity contribution is 1.19. The van der Waals surface area contributed by atoms with Crippen LogP contribution in [0.3, 0.4) is 0 Å². The lowest BCUT2D eigenvalue weighted by atomic mass is 10.0. The van der Waals surface area contributed by atoms with Gasteiger partial charge in [-0.15, -0.1) is 9.80 Å². The molecule has 0 radical (unpaired) electrons. The van der Waals surface area contributed by atoms with Gasteiger partial charge in [-0.1, -0.05) is 72.8 Å². The minimum Gasteiger partial charge on any atom is -0.354 e. The lowest BCUT2D eigenvalue weighted by Crippen LogP contribution is -1.93. The number of benzene rings is 5. The summed E-state index contributed by atoms with van der Waals surface area (Å²) in [5, 5.41) is 7.73. The van der Waals surface area contributed by atoms with Crippen LogP contribution in [0, 0.1) is 0 Å². The standard InChI is InChI=1S/C28H18N2.HIS/c1-2-9-19(10-3-1)30-25-17-16-24-26(21-12-6-7-13-23(21)29-24)27(25)22-15-14-18-8-4-5-11-20(18)28(22)30;1-2/h1-17,29H;2H. The first-order valence-corrected chi connectivity index (χ1v) is 13.7. The number of nitrogens with one attached hydrogen (secondary N) is 1. The molecule has 154 valence electrons. The molecule has 0 aliphatic carbocycles. The molecule has 0 bridgehead atoms. The molecular formula is C28H19IN2S. The van der Waals surface area contributed by atoms with Crippen molar-refractivity contribution < 1.29 is 0 Å². The quantitative estimate of drug-likeness (QED) is 0.153. The Morgan fingerprint density at radius 3 is 2.12 bits per heavy atom. The van der Waals surface area contributed by atoms with Crippen LogP contribution in [0.4, 0.5) is 0 Å². The summed E-state index contributed by atoms with van der Waals surface area (Å²) in [6, 6.07) is 37.0. The van der Waals surface area contributed by atoms with Crippen LogP contribution in [0.1, 0.15) is 0 Å². The van der Waals surface area contributed by atoms with E-state index in [1.54, 1.807) is 0 Å². The van der Waals surface area contributed by atoms with Crippen LogP contribution in [-0.2, 0) is 0 Å². The largest absolute Gasteiger partial charge is 0.354 e. The SMILES string of the molecule is SI.c1ccc(-n2c3ccc4[nH]c5ccccc5c4c3c3ccc4ccccc4c32)cc1. The van der Waals surface area contributed by atoms with Gasteiger partial charge in [0.25, 0.3) is 0 Å². The molecule has 0 aliphatic heterocycles. The van der Waals surface area contributed by atoms with Gasteiger partial charge in [-0.3, -0.25) is 0 Å². The number of para-hydroxylation sites is 2. The Bertz CT molecular complexity index is 1750. The zero-order valence-electron chi connectivity index (χ0n) is 17.1. The number of H-pyrrole nitrogens is 1. The van der Waals surface area contributed by atoms with E-state index in [0.717, 1.165) is 0 Å². The highest BCUT2D eigenvalue weighted by molar-refractivity contribution is 14.2. The molecule has 0 saturated heterocycles. The molecule has 0 saturated carbocycles. The Kier molecular flexibility index (Phi) is 4.85. The maximum atomic E-state index is 3.61. The molecule has 0 aliphatic rings. The lowest BCUT2D eigenvalue weighted by Gasteiger charge is -2.09. The molecule has 0 atom stereocenters. The van der Waals surface area contributed by atoms with E-state index in [1.807, 2.05) is 21.2 Å². The van der Waals surface area contributed by atoms with E-state index in [4.69, 9.17) is 0 Å². The van der Waals surface area contributed by atoms with Gasteiger partial charge in [-0.2, -0.15) is 0 Å². The summed E-state index contributed by atoms with van der Waals surface area (Å²) < 4.78 is 2.42. The van der Waals surface area contributed by atoms with Crippen molar-refractivity contribution in [3.63, 3.8) is 0 Å². The predicted octanol–water partition coefficient (Wildman–Crippen LogP) is 8.84. The second-order valence-electron chi connectivity index (χ2n) is 7.91. The van der Waals surface area contributed by atoms with E-state index in [2.05, 4.69) is 122 Å². The van der Waals surface area contributed by atoms with Gasteiger partial charge in [0.05, 0.1) is 11.0 Å². The minimum atomic E-state index is 1.18. The van der Waals surface area contributed by atoms with Crippen LogP contribution in [0.15, 0.2) is 103 Å². The van der Waals surface area contributed by atoms with Crippen molar-refractivity contribution in [1.29, 1.82) is 0 Å². The third-order valence-corrected chi connectivity index (χ3v) is 6.30. The first-order chi connectivity index (χ1) is 15.9. The van der Waals surface area contributed by atoms with Crippen molar-refractivity contribution in [2.75, 3.05) is 0 Å². The van der Waals surface area contributed by atoms with Gasteiger partial charge >= 0.3 is 0 Å². The Labute approximate surface area is 202 Å². The van der Waals surface area contributed by atoms with E-state index in [1.165, 1.54) is 60.1 Å². The van der Waals surface area contributed by atoms with Crippen LogP contribution < -0.4 is 0 Å². The van der Waals surface area contributed by atoms with Gasteiger partial charge in [0.1, 0.15) is 0 Å². The third kappa shape index (κ3) is 2.79. The first kappa shape index (κ1) is 19.7. The first-order valence-electron chi connectivity index (χ1n) is 10.5. The molecule has 0 unspecified atom stereocenters. The maximum Gasteiger partial charge on any atom is 0.0619 e. The molecule has 1 N–H and O–H groups in total. The molecule has 0 amide bonds. The summed E-state index contributed by atoms with van der Waals surface area (Å²) in [4.78, 5) is 3.61. The highest BCUT2D eigenvalue weighted by Crippen LogP contribution is 2.41. The van der Waals surface area contributed by atoms with Gasteiger partial charge in [-0.05, 0) is 56.9 Å². The van der Waals surface area contributed by atoms with Gasteiger partial charge in [-0.25, -0.2) is 0 Å². The molecule has 4 heteroatoms. The minimum absolute atomic E-state index is 1.18. The molecule has 0 spiro atoms. The number of aromatic nitrogens is 2. The normalized spacial score (nSPS) is 11.4. The molecule has 2 heterocycles. The molecule has 2 aromatic heterocycles. The van der Waals surface area contributed by atoms with Crippen molar-refractivity contribution >= 4 is 85.4 Å². The van der Waals surface area contributed by atoms with Crippen molar-refractivity contribution in [1.82, 2.24) is 9.55 Å². The van der Waals surface area contributed by atoms with Gasteiger partial charge < -0.3 is 9.55 Å². The fourth-order valence-corrected chi connectivity index (χ4v) is 5.05. The fraction of sp³-hybridized carbons (Fsp3) is 0. The summed E-state index contributed by atoms with van der Waals surface area (Å²) >= 11 is 1.84. The molecular weight excluding hydrogens is 523 g/mol. The topological polar surface area (TPSA) is 20.7 Å². The second-order valence-corrected chi connectivity index (χ2v) is 7.91. The van der Waals surface area contributed by atoms with Crippen LogP contribution in [0.25, 0.3) is 60.1 Å². The maximum absolute atomic E-state index is 3.61. The average Bonchev–Trinajstić information content (AvgIpc) is 3.41. The number of fused-ring (bicyclic) bond motifs is 9. The van der Waals surface area contributed by atoms with E-state index in [9.17, 15) is 0 Å². The van der Waals surface area contributed by atoms with Crippen molar-refractivity contribution in [2.45, 2.75) is 0 Å². The molecule has 7 rings (SSSR count). The smallest absolute Gasteiger partial charge is 0.0619 e. The zero-order valence-corrected chi connectivity index (χ0v) is 20.1. The second kappa shape index (κ2) is 7.87. The fourth-order valence-electron chi connectivity index (χ4n) is 5.05. The van der Waals surface area contributed by atoms with Gasteiger partial charge in [0.15, 0.2) is 0 Å².